The Morgan fingerprint density at radius 1 is 0.806 bits per heavy atom. The number of anilines is 2. The molecule has 3 aromatic heterocycles. The van der Waals surface area contributed by atoms with Gasteiger partial charge in [0.1, 0.15) is 17.2 Å². The van der Waals surface area contributed by atoms with E-state index in [4.69, 9.17) is 4.42 Å². The molecule has 0 bridgehead atoms. The van der Waals surface area contributed by atoms with Crippen LogP contribution in [0.5, 0.6) is 0 Å². The fourth-order valence-corrected chi connectivity index (χ4v) is 4.21. The number of nitrogens with one attached hydrogen (secondary N) is 2. The second kappa shape index (κ2) is 9.77. The first-order valence-electron chi connectivity index (χ1n) is 12.1. The lowest BCUT2D eigenvalue weighted by Gasteiger charge is -2.17. The lowest BCUT2D eigenvalue weighted by atomic mass is 10.0. The number of benzene rings is 2. The van der Waals surface area contributed by atoms with E-state index in [1.54, 1.807) is 6.26 Å². The van der Waals surface area contributed by atoms with Crippen molar-refractivity contribution in [2.24, 2.45) is 0 Å². The zero-order valence-electron chi connectivity index (χ0n) is 21.2. The van der Waals surface area contributed by atoms with Gasteiger partial charge in [-0.2, -0.15) is 0 Å². The SMILES string of the molecule is Cc1nc(N[C@@H](C)c2cccc(-c3cnc(NC(C)C)nc3)c2)cc(-c2ccc3occ(C)c3c2)n1. The summed E-state index contributed by atoms with van der Waals surface area (Å²) >= 11 is 0. The maximum Gasteiger partial charge on any atom is 0.222 e. The molecule has 7 nitrogen and oxygen atoms in total. The number of hydrogen-bond acceptors (Lipinski definition) is 7. The quantitative estimate of drug-likeness (QED) is 0.261. The number of hydrogen-bond donors (Lipinski definition) is 2. The Kier molecular flexibility index (Phi) is 6.38. The summed E-state index contributed by atoms with van der Waals surface area (Å²) in [5.41, 5.74) is 7.09. The van der Waals surface area contributed by atoms with Gasteiger partial charge in [0.2, 0.25) is 5.95 Å². The molecule has 36 heavy (non-hydrogen) atoms. The van der Waals surface area contributed by atoms with Gasteiger partial charge in [0, 0.05) is 47.1 Å². The summed E-state index contributed by atoms with van der Waals surface area (Å²) in [4.78, 5) is 18.2. The summed E-state index contributed by atoms with van der Waals surface area (Å²) in [6, 6.07) is 16.9. The van der Waals surface area contributed by atoms with Crippen molar-refractivity contribution >= 4 is 22.7 Å². The van der Waals surface area contributed by atoms with Crippen LogP contribution in [-0.2, 0) is 0 Å². The Morgan fingerprint density at radius 2 is 1.61 bits per heavy atom. The smallest absolute Gasteiger partial charge is 0.222 e. The van der Waals surface area contributed by atoms with Crippen molar-refractivity contribution in [1.29, 1.82) is 0 Å². The van der Waals surface area contributed by atoms with Crippen LogP contribution in [0.25, 0.3) is 33.4 Å². The zero-order chi connectivity index (χ0) is 25.2. The van der Waals surface area contributed by atoms with Gasteiger partial charge in [-0.3, -0.25) is 0 Å². The molecule has 5 rings (SSSR count). The van der Waals surface area contributed by atoms with Crippen molar-refractivity contribution in [3.63, 3.8) is 0 Å². The van der Waals surface area contributed by atoms with Crippen LogP contribution < -0.4 is 10.6 Å². The summed E-state index contributed by atoms with van der Waals surface area (Å²) in [5.74, 6) is 2.14. The molecule has 1 atom stereocenters. The van der Waals surface area contributed by atoms with Gasteiger partial charge in [-0.05, 0) is 75.6 Å². The first-order chi connectivity index (χ1) is 17.4. The number of furan rings is 1. The Labute approximate surface area is 211 Å². The van der Waals surface area contributed by atoms with Crippen molar-refractivity contribution in [3.8, 4) is 22.4 Å². The van der Waals surface area contributed by atoms with Gasteiger partial charge >= 0.3 is 0 Å². The van der Waals surface area contributed by atoms with Crippen molar-refractivity contribution in [1.82, 2.24) is 19.9 Å². The lowest BCUT2D eigenvalue weighted by Crippen LogP contribution is -2.12. The number of rotatable bonds is 7. The second-order valence-electron chi connectivity index (χ2n) is 9.40. The molecule has 0 saturated heterocycles. The van der Waals surface area contributed by atoms with Crippen LogP contribution >= 0.6 is 0 Å². The highest BCUT2D eigenvalue weighted by atomic mass is 16.3. The topological polar surface area (TPSA) is 88.8 Å². The molecule has 0 aliphatic carbocycles. The van der Waals surface area contributed by atoms with Gasteiger partial charge in [-0.25, -0.2) is 19.9 Å². The summed E-state index contributed by atoms with van der Waals surface area (Å²) in [6.45, 7) is 10.2. The fourth-order valence-electron chi connectivity index (χ4n) is 4.21. The monoisotopic (exact) mass is 478 g/mol. The van der Waals surface area contributed by atoms with Gasteiger partial charge in [-0.15, -0.1) is 0 Å². The molecular formula is C29H30N6O. The summed E-state index contributed by atoms with van der Waals surface area (Å²) in [5, 5.41) is 7.87. The predicted octanol–water partition coefficient (Wildman–Crippen LogP) is 6.96. The highest BCUT2D eigenvalue weighted by Gasteiger charge is 2.12. The van der Waals surface area contributed by atoms with Crippen molar-refractivity contribution in [2.45, 2.75) is 46.7 Å². The Bertz CT molecular complexity index is 1510. The van der Waals surface area contributed by atoms with Crippen LogP contribution in [-0.4, -0.2) is 26.0 Å². The summed E-state index contributed by atoms with van der Waals surface area (Å²) < 4.78 is 5.60. The maximum atomic E-state index is 5.60. The molecule has 3 heterocycles. The first kappa shape index (κ1) is 23.5. The van der Waals surface area contributed by atoms with Gasteiger partial charge < -0.3 is 15.1 Å². The van der Waals surface area contributed by atoms with Gasteiger partial charge in [0.05, 0.1) is 12.0 Å². The van der Waals surface area contributed by atoms with Crippen molar-refractivity contribution < 1.29 is 4.42 Å². The van der Waals surface area contributed by atoms with E-state index < -0.39 is 0 Å². The Balaban J connectivity index is 1.37. The zero-order valence-corrected chi connectivity index (χ0v) is 21.2. The summed E-state index contributed by atoms with van der Waals surface area (Å²) in [7, 11) is 0. The standard InChI is InChI=1S/C29H30N6O/c1-17(2)32-29-30-14-24(15-31-29)22-8-6-7-21(11-22)19(4)33-28-13-26(34-20(5)35-28)23-9-10-27-25(12-23)18(3)16-36-27/h6-17,19H,1-5H3,(H,30,31,32)(H,33,34,35)/t19-/m0/s1. The molecular weight excluding hydrogens is 448 g/mol. The van der Waals surface area contributed by atoms with Gasteiger partial charge in [0.15, 0.2) is 0 Å². The molecule has 182 valence electrons. The van der Waals surface area contributed by atoms with E-state index in [0.29, 0.717) is 11.8 Å². The van der Waals surface area contributed by atoms with E-state index in [1.807, 2.05) is 44.4 Å². The predicted molar refractivity (Wildman–Crippen MR) is 145 cm³/mol. The highest BCUT2D eigenvalue weighted by Crippen LogP contribution is 2.29. The first-order valence-corrected chi connectivity index (χ1v) is 12.1. The fraction of sp³-hybridized carbons (Fsp3) is 0.241. The molecule has 7 heteroatoms. The summed E-state index contributed by atoms with van der Waals surface area (Å²) in [6.07, 6.45) is 5.49. The molecule has 0 saturated carbocycles. The van der Waals surface area contributed by atoms with Crippen molar-refractivity contribution in [3.05, 3.63) is 84.1 Å². The number of aryl methyl sites for hydroxylation is 2. The van der Waals surface area contributed by atoms with E-state index in [2.05, 4.69) is 81.7 Å². The largest absolute Gasteiger partial charge is 0.464 e. The minimum absolute atomic E-state index is 0.0356. The van der Waals surface area contributed by atoms with Crippen molar-refractivity contribution in [2.75, 3.05) is 10.6 Å². The highest BCUT2D eigenvalue weighted by molar-refractivity contribution is 5.85. The number of fused-ring (bicyclic) bond motifs is 1. The third kappa shape index (κ3) is 5.05. The van der Waals surface area contributed by atoms with Crippen LogP contribution in [0.15, 0.2) is 71.6 Å². The van der Waals surface area contributed by atoms with E-state index >= 15 is 0 Å². The van der Waals surface area contributed by atoms with Crippen LogP contribution in [0, 0.1) is 13.8 Å². The molecule has 5 aromatic rings. The van der Waals surface area contributed by atoms with E-state index in [-0.39, 0.29) is 12.1 Å². The van der Waals surface area contributed by atoms with Gasteiger partial charge in [-0.1, -0.05) is 18.2 Å². The average Bonchev–Trinajstić information content (AvgIpc) is 3.24. The van der Waals surface area contributed by atoms with Crippen LogP contribution in [0.1, 0.15) is 43.8 Å². The second-order valence-corrected chi connectivity index (χ2v) is 9.40. The molecule has 0 radical (unpaired) electrons. The van der Waals surface area contributed by atoms with Crippen LogP contribution in [0.3, 0.4) is 0 Å². The minimum atomic E-state index is 0.0356. The molecule has 0 spiro atoms. The minimum Gasteiger partial charge on any atom is -0.464 e. The van der Waals surface area contributed by atoms with E-state index in [1.165, 1.54) is 0 Å². The molecule has 2 aromatic carbocycles. The normalized spacial score (nSPS) is 12.2. The van der Waals surface area contributed by atoms with Crippen LogP contribution in [0.2, 0.25) is 0 Å². The Hall–Kier alpha value is -4.26. The van der Waals surface area contributed by atoms with Gasteiger partial charge in [0.25, 0.3) is 0 Å². The Morgan fingerprint density at radius 3 is 2.39 bits per heavy atom. The molecule has 0 aliphatic rings. The van der Waals surface area contributed by atoms with E-state index in [0.717, 1.165) is 50.3 Å². The molecule has 2 N–H and O–H groups in total. The molecule has 0 amide bonds. The third-order valence-corrected chi connectivity index (χ3v) is 6.05. The van der Waals surface area contributed by atoms with Crippen LogP contribution in [0.4, 0.5) is 11.8 Å². The molecule has 0 aliphatic heterocycles. The third-order valence-electron chi connectivity index (χ3n) is 6.05. The number of aromatic nitrogens is 4. The van der Waals surface area contributed by atoms with E-state index in [9.17, 15) is 0 Å². The molecule has 0 fully saturated rings. The number of nitrogens with zero attached hydrogens (tertiary/aromatic N) is 4. The average molecular weight is 479 g/mol. The molecule has 0 unspecified atom stereocenters. The lowest BCUT2D eigenvalue weighted by molar-refractivity contribution is 0.613. The maximum absolute atomic E-state index is 5.60.